The maximum atomic E-state index is 12.3. The second-order valence-electron chi connectivity index (χ2n) is 6.68. The van der Waals surface area contributed by atoms with Gasteiger partial charge in [-0.25, -0.2) is 0 Å². The van der Waals surface area contributed by atoms with Gasteiger partial charge in [-0.05, 0) is 51.8 Å². The molecule has 1 aliphatic rings. The van der Waals surface area contributed by atoms with Gasteiger partial charge in [-0.2, -0.15) is 5.10 Å². The van der Waals surface area contributed by atoms with E-state index < -0.39 is 0 Å². The van der Waals surface area contributed by atoms with Crippen molar-refractivity contribution in [2.45, 2.75) is 39.2 Å². The topological polar surface area (TPSA) is 59.0 Å². The number of rotatable bonds is 5. The van der Waals surface area contributed by atoms with Crippen LogP contribution in [-0.2, 0) is 11.2 Å². The highest BCUT2D eigenvalue weighted by atomic mass is 16.1. The van der Waals surface area contributed by atoms with Crippen molar-refractivity contribution < 1.29 is 4.79 Å². The third kappa shape index (κ3) is 3.72. The Kier molecular flexibility index (Phi) is 4.96. The zero-order valence-corrected chi connectivity index (χ0v) is 14.0. The zero-order valence-electron chi connectivity index (χ0n) is 14.0. The summed E-state index contributed by atoms with van der Waals surface area (Å²) < 4.78 is 2.00. The molecule has 2 N–H and O–H groups in total. The van der Waals surface area contributed by atoms with Gasteiger partial charge in [0.1, 0.15) is 0 Å². The Labute approximate surface area is 137 Å². The summed E-state index contributed by atoms with van der Waals surface area (Å²) in [7, 11) is 0. The molecule has 0 unspecified atom stereocenters. The van der Waals surface area contributed by atoms with Crippen LogP contribution in [-0.4, -0.2) is 35.3 Å². The van der Waals surface area contributed by atoms with Crippen LogP contribution in [0.4, 0.5) is 0 Å². The van der Waals surface area contributed by atoms with Gasteiger partial charge in [-0.15, -0.1) is 0 Å². The van der Waals surface area contributed by atoms with Gasteiger partial charge in [0.15, 0.2) is 0 Å². The van der Waals surface area contributed by atoms with Crippen LogP contribution >= 0.6 is 0 Å². The van der Waals surface area contributed by atoms with Crippen LogP contribution in [0.1, 0.15) is 38.4 Å². The second kappa shape index (κ2) is 7.13. The molecule has 1 saturated heterocycles. The zero-order chi connectivity index (χ0) is 16.2. The molecule has 0 saturated carbocycles. The van der Waals surface area contributed by atoms with E-state index in [-0.39, 0.29) is 11.9 Å². The van der Waals surface area contributed by atoms with Gasteiger partial charge in [-0.3, -0.25) is 9.48 Å². The number of aromatic nitrogens is 2. The molecule has 2 aromatic rings. The molecule has 0 spiro atoms. The summed E-state index contributed by atoms with van der Waals surface area (Å²) in [6.07, 6.45) is 2.64. The van der Waals surface area contributed by atoms with Crippen LogP contribution in [0.2, 0.25) is 0 Å². The van der Waals surface area contributed by atoms with Crippen LogP contribution in [0.3, 0.4) is 0 Å². The number of carbonyl (C=O) groups is 1. The predicted octanol–water partition coefficient (Wildman–Crippen LogP) is 2.28. The minimum Gasteiger partial charge on any atom is -0.355 e. The van der Waals surface area contributed by atoms with Crippen molar-refractivity contribution in [3.8, 4) is 0 Å². The van der Waals surface area contributed by atoms with E-state index in [1.165, 1.54) is 0 Å². The molecule has 0 atom stereocenters. The number of hydrogen-bond acceptors (Lipinski definition) is 3. The van der Waals surface area contributed by atoms with E-state index >= 15 is 0 Å². The highest BCUT2D eigenvalue weighted by molar-refractivity contribution is 5.87. The van der Waals surface area contributed by atoms with Gasteiger partial charge in [0, 0.05) is 18.0 Å². The molecule has 1 aromatic carbocycles. The van der Waals surface area contributed by atoms with Gasteiger partial charge in [0.05, 0.1) is 17.6 Å². The van der Waals surface area contributed by atoms with Crippen molar-refractivity contribution in [1.82, 2.24) is 20.4 Å². The summed E-state index contributed by atoms with van der Waals surface area (Å²) in [5, 5.41) is 12.2. The summed E-state index contributed by atoms with van der Waals surface area (Å²) in [6, 6.07) is 8.43. The number of piperidine rings is 1. The number of nitrogens with zero attached hydrogens (tertiary/aromatic N) is 2. The number of carbonyl (C=O) groups excluding carboxylic acids is 1. The van der Waals surface area contributed by atoms with E-state index in [4.69, 9.17) is 0 Å². The molecular formula is C18H26N4O. The molecule has 124 valence electrons. The lowest BCUT2D eigenvalue weighted by molar-refractivity contribution is -0.120. The highest BCUT2D eigenvalue weighted by Crippen LogP contribution is 2.22. The molecule has 5 heteroatoms. The smallest absolute Gasteiger partial charge is 0.226 e. The van der Waals surface area contributed by atoms with Crippen LogP contribution in [0, 0.1) is 5.92 Å². The van der Waals surface area contributed by atoms with Crippen LogP contribution in [0.15, 0.2) is 24.3 Å². The first-order valence-electron chi connectivity index (χ1n) is 8.58. The standard InChI is InChI=1S/C18H26N4O/c1-13(2)22-17-6-4-3-5-15(17)16(21-22)11-18(23)20-12-14-7-9-19-10-8-14/h3-6,13-14,19H,7-12H2,1-2H3,(H,20,23). The van der Waals surface area contributed by atoms with Crippen molar-refractivity contribution >= 4 is 16.8 Å². The van der Waals surface area contributed by atoms with Crippen molar-refractivity contribution in [2.24, 2.45) is 5.92 Å². The fraction of sp³-hybridized carbons (Fsp3) is 0.556. The Morgan fingerprint density at radius 2 is 2.09 bits per heavy atom. The molecule has 0 radical (unpaired) electrons. The average Bonchev–Trinajstić information content (AvgIpc) is 2.93. The van der Waals surface area contributed by atoms with E-state index in [9.17, 15) is 4.79 Å². The monoisotopic (exact) mass is 314 g/mol. The number of amides is 1. The Balaban J connectivity index is 1.67. The van der Waals surface area contributed by atoms with Crippen LogP contribution in [0.25, 0.3) is 10.9 Å². The first-order valence-corrected chi connectivity index (χ1v) is 8.58. The normalized spacial score (nSPS) is 16.1. The summed E-state index contributed by atoms with van der Waals surface area (Å²) in [5.41, 5.74) is 1.97. The van der Waals surface area contributed by atoms with Crippen molar-refractivity contribution in [2.75, 3.05) is 19.6 Å². The Morgan fingerprint density at radius 1 is 1.35 bits per heavy atom. The maximum Gasteiger partial charge on any atom is 0.226 e. The maximum absolute atomic E-state index is 12.3. The highest BCUT2D eigenvalue weighted by Gasteiger charge is 2.17. The fourth-order valence-electron chi connectivity index (χ4n) is 3.24. The first kappa shape index (κ1) is 16.0. The molecular weight excluding hydrogens is 288 g/mol. The summed E-state index contributed by atoms with van der Waals surface area (Å²) >= 11 is 0. The van der Waals surface area contributed by atoms with E-state index in [0.717, 1.165) is 49.1 Å². The number of para-hydroxylation sites is 1. The molecule has 5 nitrogen and oxygen atoms in total. The lowest BCUT2D eigenvalue weighted by atomic mass is 9.98. The fourth-order valence-corrected chi connectivity index (χ4v) is 3.24. The third-order valence-corrected chi connectivity index (χ3v) is 4.55. The molecule has 2 heterocycles. The summed E-state index contributed by atoms with van der Waals surface area (Å²) in [5.74, 6) is 0.674. The number of benzene rings is 1. The Bertz CT molecular complexity index is 671. The van der Waals surface area contributed by atoms with Crippen molar-refractivity contribution in [1.29, 1.82) is 0 Å². The Hall–Kier alpha value is -1.88. The molecule has 1 amide bonds. The van der Waals surface area contributed by atoms with Gasteiger partial charge in [-0.1, -0.05) is 18.2 Å². The molecule has 23 heavy (non-hydrogen) atoms. The van der Waals surface area contributed by atoms with E-state index in [0.29, 0.717) is 12.3 Å². The largest absolute Gasteiger partial charge is 0.355 e. The molecule has 0 aliphatic carbocycles. The second-order valence-corrected chi connectivity index (χ2v) is 6.68. The number of nitrogens with one attached hydrogen (secondary N) is 2. The van der Waals surface area contributed by atoms with Crippen molar-refractivity contribution in [3.05, 3.63) is 30.0 Å². The summed E-state index contributed by atoms with van der Waals surface area (Å²) in [6.45, 7) is 7.12. The van der Waals surface area contributed by atoms with Gasteiger partial charge >= 0.3 is 0 Å². The first-order chi connectivity index (χ1) is 11.1. The average molecular weight is 314 g/mol. The minimum absolute atomic E-state index is 0.0719. The van der Waals surface area contributed by atoms with Gasteiger partial charge < -0.3 is 10.6 Å². The predicted molar refractivity (Wildman–Crippen MR) is 92.4 cm³/mol. The number of hydrogen-bond donors (Lipinski definition) is 2. The Morgan fingerprint density at radius 3 is 2.83 bits per heavy atom. The van der Waals surface area contributed by atoms with Gasteiger partial charge in [0.2, 0.25) is 5.91 Å². The molecule has 0 bridgehead atoms. The SMILES string of the molecule is CC(C)n1nc(CC(=O)NCC2CCNCC2)c2ccccc21. The van der Waals surface area contributed by atoms with E-state index in [1.54, 1.807) is 0 Å². The lowest BCUT2D eigenvalue weighted by Gasteiger charge is -2.22. The molecule has 1 fully saturated rings. The van der Waals surface area contributed by atoms with Crippen LogP contribution < -0.4 is 10.6 Å². The molecule has 1 aromatic heterocycles. The van der Waals surface area contributed by atoms with E-state index in [1.807, 2.05) is 16.8 Å². The number of fused-ring (bicyclic) bond motifs is 1. The molecule has 1 aliphatic heterocycles. The summed E-state index contributed by atoms with van der Waals surface area (Å²) in [4.78, 5) is 12.3. The third-order valence-electron chi connectivity index (χ3n) is 4.55. The van der Waals surface area contributed by atoms with Gasteiger partial charge in [0.25, 0.3) is 0 Å². The lowest BCUT2D eigenvalue weighted by Crippen LogP contribution is -2.36. The van der Waals surface area contributed by atoms with E-state index in [2.05, 4.69) is 41.7 Å². The van der Waals surface area contributed by atoms with Crippen LogP contribution in [0.5, 0.6) is 0 Å². The van der Waals surface area contributed by atoms with Crippen molar-refractivity contribution in [3.63, 3.8) is 0 Å². The quantitative estimate of drug-likeness (QED) is 0.890. The minimum atomic E-state index is 0.0719. The molecule has 3 rings (SSSR count).